The summed E-state index contributed by atoms with van der Waals surface area (Å²) in [6.07, 6.45) is 4.96. The van der Waals surface area contributed by atoms with E-state index in [-0.39, 0.29) is 0 Å². The van der Waals surface area contributed by atoms with Crippen LogP contribution in [0.15, 0.2) is 30.6 Å². The number of aromatic nitrogens is 2. The molecule has 0 unspecified atom stereocenters. The van der Waals surface area contributed by atoms with Crippen LogP contribution in [-0.4, -0.2) is 9.55 Å². The van der Waals surface area contributed by atoms with E-state index in [0.717, 1.165) is 24.6 Å². The quantitative estimate of drug-likeness (QED) is 0.867. The number of anilines is 2. The lowest BCUT2D eigenvalue weighted by molar-refractivity contribution is 0.686. The molecule has 0 fully saturated rings. The molecule has 0 radical (unpaired) electrons. The van der Waals surface area contributed by atoms with Crippen LogP contribution in [0.25, 0.3) is 0 Å². The minimum Gasteiger partial charge on any atom is -0.325 e. The third kappa shape index (κ3) is 2.67. The van der Waals surface area contributed by atoms with Crippen LogP contribution in [0.4, 0.5) is 11.6 Å². The van der Waals surface area contributed by atoms with Crippen molar-refractivity contribution in [3.63, 3.8) is 0 Å². The highest BCUT2D eigenvalue weighted by Crippen LogP contribution is 2.20. The van der Waals surface area contributed by atoms with Crippen LogP contribution in [0.1, 0.15) is 24.5 Å². The second-order valence-electron chi connectivity index (χ2n) is 4.39. The molecule has 90 valence electrons. The molecule has 0 spiro atoms. The third-order valence-electron chi connectivity index (χ3n) is 2.82. The van der Waals surface area contributed by atoms with Gasteiger partial charge in [0.2, 0.25) is 5.95 Å². The summed E-state index contributed by atoms with van der Waals surface area (Å²) in [7, 11) is 0. The zero-order chi connectivity index (χ0) is 12.3. The average molecular weight is 229 g/mol. The molecule has 1 heterocycles. The van der Waals surface area contributed by atoms with Gasteiger partial charge in [-0.3, -0.25) is 0 Å². The Hall–Kier alpha value is -1.77. The highest BCUT2D eigenvalue weighted by Gasteiger charge is 2.04. The highest BCUT2D eigenvalue weighted by molar-refractivity contribution is 5.59. The monoisotopic (exact) mass is 229 g/mol. The van der Waals surface area contributed by atoms with Crippen LogP contribution in [0.3, 0.4) is 0 Å². The van der Waals surface area contributed by atoms with Gasteiger partial charge in [0.15, 0.2) is 0 Å². The summed E-state index contributed by atoms with van der Waals surface area (Å²) >= 11 is 0. The molecular weight excluding hydrogens is 210 g/mol. The molecule has 0 atom stereocenters. The second-order valence-corrected chi connectivity index (χ2v) is 4.39. The van der Waals surface area contributed by atoms with Crippen molar-refractivity contribution >= 4 is 11.6 Å². The Morgan fingerprint density at radius 3 is 2.88 bits per heavy atom. The first-order valence-corrected chi connectivity index (χ1v) is 6.06. The fourth-order valence-electron chi connectivity index (χ4n) is 1.85. The lowest BCUT2D eigenvalue weighted by Crippen LogP contribution is -2.03. The SMILES string of the molecule is CCCn1ccnc1Nc1cc(C)ccc1C. The van der Waals surface area contributed by atoms with E-state index < -0.39 is 0 Å². The molecule has 3 heteroatoms. The van der Waals surface area contributed by atoms with E-state index in [0.29, 0.717) is 0 Å². The molecule has 1 aromatic heterocycles. The summed E-state index contributed by atoms with van der Waals surface area (Å²) in [5, 5.41) is 3.40. The van der Waals surface area contributed by atoms with E-state index >= 15 is 0 Å². The first-order chi connectivity index (χ1) is 8.20. The zero-order valence-corrected chi connectivity index (χ0v) is 10.7. The van der Waals surface area contributed by atoms with Gasteiger partial charge in [0.1, 0.15) is 0 Å². The van der Waals surface area contributed by atoms with Gasteiger partial charge >= 0.3 is 0 Å². The lowest BCUT2D eigenvalue weighted by Gasteiger charge is -2.11. The van der Waals surface area contributed by atoms with Crippen molar-refractivity contribution in [2.24, 2.45) is 0 Å². The van der Waals surface area contributed by atoms with Gasteiger partial charge in [0, 0.05) is 24.6 Å². The van der Waals surface area contributed by atoms with Crippen molar-refractivity contribution in [2.75, 3.05) is 5.32 Å². The fourth-order valence-corrected chi connectivity index (χ4v) is 1.85. The summed E-state index contributed by atoms with van der Waals surface area (Å²) in [5.41, 5.74) is 3.63. The molecule has 1 aromatic carbocycles. The molecule has 0 bridgehead atoms. The minimum absolute atomic E-state index is 0.917. The van der Waals surface area contributed by atoms with E-state index in [1.807, 2.05) is 12.4 Å². The van der Waals surface area contributed by atoms with Crippen molar-refractivity contribution in [3.05, 3.63) is 41.7 Å². The molecule has 2 aromatic rings. The summed E-state index contributed by atoms with van der Waals surface area (Å²) in [6.45, 7) is 7.37. The van der Waals surface area contributed by atoms with Crippen molar-refractivity contribution < 1.29 is 0 Å². The van der Waals surface area contributed by atoms with E-state index in [1.165, 1.54) is 11.1 Å². The molecule has 0 saturated heterocycles. The second kappa shape index (κ2) is 5.04. The first kappa shape index (κ1) is 11.7. The summed E-state index contributed by atoms with van der Waals surface area (Å²) in [5.74, 6) is 0.917. The maximum Gasteiger partial charge on any atom is 0.207 e. The Bertz CT molecular complexity index is 500. The molecule has 0 aliphatic carbocycles. The Morgan fingerprint density at radius 1 is 1.29 bits per heavy atom. The largest absolute Gasteiger partial charge is 0.325 e. The van der Waals surface area contributed by atoms with Crippen molar-refractivity contribution in [1.82, 2.24) is 9.55 Å². The Balaban J connectivity index is 2.25. The van der Waals surface area contributed by atoms with Gasteiger partial charge < -0.3 is 9.88 Å². The van der Waals surface area contributed by atoms with E-state index in [1.54, 1.807) is 0 Å². The van der Waals surface area contributed by atoms with Crippen LogP contribution < -0.4 is 5.32 Å². The van der Waals surface area contributed by atoms with Crippen molar-refractivity contribution in [1.29, 1.82) is 0 Å². The van der Waals surface area contributed by atoms with Crippen molar-refractivity contribution in [2.45, 2.75) is 33.7 Å². The third-order valence-corrected chi connectivity index (χ3v) is 2.82. The van der Waals surface area contributed by atoms with E-state index in [2.05, 4.69) is 53.8 Å². The smallest absolute Gasteiger partial charge is 0.207 e. The van der Waals surface area contributed by atoms with Crippen LogP contribution in [0.2, 0.25) is 0 Å². The number of imidazole rings is 1. The first-order valence-electron chi connectivity index (χ1n) is 6.06. The van der Waals surface area contributed by atoms with Gasteiger partial charge in [-0.2, -0.15) is 0 Å². The number of hydrogen-bond donors (Lipinski definition) is 1. The van der Waals surface area contributed by atoms with E-state index in [9.17, 15) is 0 Å². The van der Waals surface area contributed by atoms with Crippen molar-refractivity contribution in [3.8, 4) is 0 Å². The molecule has 17 heavy (non-hydrogen) atoms. The maximum absolute atomic E-state index is 4.35. The molecule has 0 saturated carbocycles. The van der Waals surface area contributed by atoms with Gasteiger partial charge in [-0.1, -0.05) is 19.1 Å². The van der Waals surface area contributed by atoms with Gasteiger partial charge in [0.05, 0.1) is 0 Å². The summed E-state index contributed by atoms with van der Waals surface area (Å²) in [6, 6.07) is 6.41. The van der Waals surface area contributed by atoms with Gasteiger partial charge in [-0.05, 0) is 37.5 Å². The maximum atomic E-state index is 4.35. The predicted octanol–water partition coefficient (Wildman–Crippen LogP) is 3.65. The number of hydrogen-bond acceptors (Lipinski definition) is 2. The highest BCUT2D eigenvalue weighted by atomic mass is 15.2. The average Bonchev–Trinajstić information content (AvgIpc) is 2.72. The number of nitrogens with one attached hydrogen (secondary N) is 1. The number of aryl methyl sites for hydroxylation is 3. The summed E-state index contributed by atoms with van der Waals surface area (Å²) in [4.78, 5) is 4.35. The lowest BCUT2D eigenvalue weighted by atomic mass is 10.1. The normalized spacial score (nSPS) is 10.5. The van der Waals surface area contributed by atoms with Crippen LogP contribution in [0, 0.1) is 13.8 Å². The Kier molecular flexibility index (Phi) is 3.47. The zero-order valence-electron chi connectivity index (χ0n) is 10.7. The van der Waals surface area contributed by atoms with E-state index in [4.69, 9.17) is 0 Å². The molecule has 0 aliphatic rings. The molecule has 1 N–H and O–H groups in total. The minimum atomic E-state index is 0.917. The summed E-state index contributed by atoms with van der Waals surface area (Å²) < 4.78 is 2.14. The van der Waals surface area contributed by atoms with Gasteiger partial charge in [0.25, 0.3) is 0 Å². The molecule has 0 aliphatic heterocycles. The Morgan fingerprint density at radius 2 is 2.12 bits per heavy atom. The Labute approximate surface area is 103 Å². The van der Waals surface area contributed by atoms with Crippen LogP contribution in [-0.2, 0) is 6.54 Å². The molecule has 2 rings (SSSR count). The molecular formula is C14H19N3. The number of rotatable bonds is 4. The van der Waals surface area contributed by atoms with Gasteiger partial charge in [-0.15, -0.1) is 0 Å². The van der Waals surface area contributed by atoms with Crippen LogP contribution >= 0.6 is 0 Å². The van der Waals surface area contributed by atoms with Gasteiger partial charge in [-0.25, -0.2) is 4.98 Å². The number of nitrogens with zero attached hydrogens (tertiary/aromatic N) is 2. The standard InChI is InChI=1S/C14H19N3/c1-4-8-17-9-7-15-14(17)16-13-10-11(2)5-6-12(13)3/h5-7,9-10H,4,8H2,1-3H3,(H,15,16). The topological polar surface area (TPSA) is 29.9 Å². The van der Waals surface area contributed by atoms with Crippen LogP contribution in [0.5, 0.6) is 0 Å². The fraction of sp³-hybridized carbons (Fsp3) is 0.357. The molecule has 0 amide bonds. The predicted molar refractivity (Wildman–Crippen MR) is 71.7 cm³/mol. The number of benzene rings is 1. The molecule has 3 nitrogen and oxygen atoms in total.